The molecule has 1 aliphatic heterocycles. The fraction of sp³-hybridized carbons (Fsp3) is 0.917. The minimum Gasteiger partial charge on any atom is -0.444 e. The van der Waals surface area contributed by atoms with E-state index in [1.165, 1.54) is 0 Å². The Morgan fingerprint density at radius 1 is 1.24 bits per heavy atom. The van der Waals surface area contributed by atoms with Crippen LogP contribution in [0, 0.1) is 11.8 Å². The highest BCUT2D eigenvalue weighted by Gasteiger charge is 2.31. The Kier molecular flexibility index (Phi) is 4.77. The molecule has 1 fully saturated rings. The van der Waals surface area contributed by atoms with Crippen LogP contribution in [0.3, 0.4) is 0 Å². The lowest BCUT2D eigenvalue weighted by Crippen LogP contribution is -2.47. The number of piperidine rings is 1. The van der Waals surface area contributed by atoms with E-state index in [0.717, 1.165) is 6.42 Å². The highest BCUT2D eigenvalue weighted by Crippen LogP contribution is 2.23. The largest absolute Gasteiger partial charge is 0.444 e. The van der Waals surface area contributed by atoms with Gasteiger partial charge >= 0.3 is 6.09 Å². The summed E-state index contributed by atoms with van der Waals surface area (Å²) in [5.74, 6) is 0.0711. The first-order chi connectivity index (χ1) is 7.85. The number of amides is 1. The number of carbonyl (C=O) groups is 1. The van der Waals surface area contributed by atoms with Crippen LogP contribution in [0.5, 0.6) is 0 Å². The van der Waals surface area contributed by atoms with Crippen LogP contribution in [-0.4, -0.2) is 53.1 Å². The Hall–Kier alpha value is -0.810. The minimum atomic E-state index is -0.516. The van der Waals surface area contributed by atoms with Crippen molar-refractivity contribution in [2.24, 2.45) is 11.8 Å². The van der Waals surface area contributed by atoms with Crippen LogP contribution in [0.2, 0.25) is 0 Å². The molecule has 5 nitrogen and oxygen atoms in total. The topological polar surface area (TPSA) is 70.0 Å². The summed E-state index contributed by atoms with van der Waals surface area (Å²) in [6.45, 7) is 6.54. The first-order valence-corrected chi connectivity index (χ1v) is 6.05. The van der Waals surface area contributed by atoms with E-state index in [0.29, 0.717) is 13.1 Å². The first kappa shape index (κ1) is 14.3. The van der Waals surface area contributed by atoms with Crippen LogP contribution >= 0.6 is 0 Å². The van der Waals surface area contributed by atoms with Gasteiger partial charge in [-0.25, -0.2) is 4.79 Å². The molecular formula is C12H23NO4. The van der Waals surface area contributed by atoms with Gasteiger partial charge in [0.15, 0.2) is 0 Å². The monoisotopic (exact) mass is 245 g/mol. The second kappa shape index (κ2) is 5.69. The third-order valence-electron chi connectivity index (χ3n) is 2.79. The van der Waals surface area contributed by atoms with E-state index >= 15 is 0 Å². The van der Waals surface area contributed by atoms with Crippen molar-refractivity contribution in [3.63, 3.8) is 0 Å². The third-order valence-corrected chi connectivity index (χ3v) is 2.79. The standard InChI is InChI=1S/C12H23NO4/c1-12(2,3)17-11(16)13-5-9(7-14)4-10(6-13)8-15/h9-10,14-15H,4-8H2,1-3H3. The molecule has 2 N–H and O–H groups in total. The van der Waals surface area contributed by atoms with Gasteiger partial charge < -0.3 is 19.8 Å². The van der Waals surface area contributed by atoms with Gasteiger partial charge in [0, 0.05) is 38.1 Å². The molecule has 2 atom stereocenters. The van der Waals surface area contributed by atoms with Crippen LogP contribution in [0.4, 0.5) is 4.79 Å². The molecule has 5 heteroatoms. The number of aliphatic hydroxyl groups excluding tert-OH is 2. The van der Waals surface area contributed by atoms with Crippen molar-refractivity contribution >= 4 is 6.09 Å². The van der Waals surface area contributed by atoms with Crippen molar-refractivity contribution in [1.29, 1.82) is 0 Å². The maximum atomic E-state index is 11.9. The van der Waals surface area contributed by atoms with Gasteiger partial charge in [-0.15, -0.1) is 0 Å². The van der Waals surface area contributed by atoms with Crippen molar-refractivity contribution in [1.82, 2.24) is 4.90 Å². The zero-order chi connectivity index (χ0) is 13.1. The molecule has 1 amide bonds. The number of rotatable bonds is 2. The molecule has 0 aliphatic carbocycles. The molecule has 1 aliphatic rings. The SMILES string of the molecule is CC(C)(C)OC(=O)N1CC(CO)CC(CO)C1. The Morgan fingerprint density at radius 3 is 2.06 bits per heavy atom. The number of hydrogen-bond acceptors (Lipinski definition) is 4. The molecule has 0 saturated carbocycles. The molecule has 0 aromatic carbocycles. The van der Waals surface area contributed by atoms with Gasteiger partial charge in [0.25, 0.3) is 0 Å². The first-order valence-electron chi connectivity index (χ1n) is 6.05. The fourth-order valence-corrected chi connectivity index (χ4v) is 2.06. The number of nitrogens with zero attached hydrogens (tertiary/aromatic N) is 1. The van der Waals surface area contributed by atoms with Gasteiger partial charge in [0.1, 0.15) is 5.60 Å². The second-order valence-corrected chi connectivity index (χ2v) is 5.72. The lowest BCUT2D eigenvalue weighted by molar-refractivity contribution is -0.000440. The van der Waals surface area contributed by atoms with Gasteiger partial charge in [-0.1, -0.05) is 0 Å². The summed E-state index contributed by atoms with van der Waals surface area (Å²) in [6, 6.07) is 0. The molecule has 1 saturated heterocycles. The molecular weight excluding hydrogens is 222 g/mol. The Morgan fingerprint density at radius 2 is 1.71 bits per heavy atom. The smallest absolute Gasteiger partial charge is 0.410 e. The zero-order valence-corrected chi connectivity index (χ0v) is 10.8. The molecule has 1 rings (SSSR count). The average Bonchev–Trinajstić information content (AvgIpc) is 2.26. The summed E-state index contributed by atoms with van der Waals surface area (Å²) in [5.41, 5.74) is -0.516. The molecule has 2 unspecified atom stereocenters. The van der Waals surface area contributed by atoms with E-state index in [2.05, 4.69) is 0 Å². The number of carbonyl (C=O) groups excluding carboxylic acids is 1. The molecule has 0 aromatic rings. The van der Waals surface area contributed by atoms with E-state index < -0.39 is 5.60 Å². The normalized spacial score (nSPS) is 25.8. The van der Waals surface area contributed by atoms with Crippen molar-refractivity contribution in [3.05, 3.63) is 0 Å². The van der Waals surface area contributed by atoms with Crippen LogP contribution in [0.1, 0.15) is 27.2 Å². The van der Waals surface area contributed by atoms with Crippen molar-refractivity contribution in [2.45, 2.75) is 32.8 Å². The number of aliphatic hydroxyl groups is 2. The molecule has 0 bridgehead atoms. The number of hydrogen-bond donors (Lipinski definition) is 2. The summed E-state index contributed by atoms with van der Waals surface area (Å²) < 4.78 is 5.29. The maximum Gasteiger partial charge on any atom is 0.410 e. The number of likely N-dealkylation sites (tertiary alicyclic amines) is 1. The summed E-state index contributed by atoms with van der Waals surface area (Å²) in [7, 11) is 0. The Balaban J connectivity index is 2.59. The van der Waals surface area contributed by atoms with Crippen molar-refractivity contribution in [2.75, 3.05) is 26.3 Å². The maximum absolute atomic E-state index is 11.9. The summed E-state index contributed by atoms with van der Waals surface area (Å²) in [4.78, 5) is 13.5. The van der Waals surface area contributed by atoms with Crippen molar-refractivity contribution in [3.8, 4) is 0 Å². The van der Waals surface area contributed by atoms with E-state index in [-0.39, 0.29) is 31.1 Å². The van der Waals surface area contributed by atoms with Gasteiger partial charge in [-0.2, -0.15) is 0 Å². The zero-order valence-electron chi connectivity index (χ0n) is 10.8. The summed E-state index contributed by atoms with van der Waals surface area (Å²) >= 11 is 0. The quantitative estimate of drug-likeness (QED) is 0.756. The van der Waals surface area contributed by atoms with Crippen LogP contribution in [-0.2, 0) is 4.74 Å². The average molecular weight is 245 g/mol. The lowest BCUT2D eigenvalue weighted by Gasteiger charge is -2.37. The molecule has 0 spiro atoms. The Labute approximate surface area is 102 Å². The summed E-state index contributed by atoms with van der Waals surface area (Å²) in [5, 5.41) is 18.4. The molecule has 100 valence electrons. The third kappa shape index (κ3) is 4.52. The predicted molar refractivity (Wildman–Crippen MR) is 63.6 cm³/mol. The molecule has 0 radical (unpaired) electrons. The second-order valence-electron chi connectivity index (χ2n) is 5.72. The van der Waals surface area contributed by atoms with E-state index in [9.17, 15) is 15.0 Å². The van der Waals surface area contributed by atoms with Gasteiger partial charge in [0.2, 0.25) is 0 Å². The van der Waals surface area contributed by atoms with E-state index in [1.54, 1.807) is 4.90 Å². The summed E-state index contributed by atoms with van der Waals surface area (Å²) in [6.07, 6.45) is 0.390. The minimum absolute atomic E-state index is 0.0356. The van der Waals surface area contributed by atoms with Crippen LogP contribution in [0.25, 0.3) is 0 Å². The lowest BCUT2D eigenvalue weighted by atomic mass is 9.90. The van der Waals surface area contributed by atoms with Crippen LogP contribution < -0.4 is 0 Å². The van der Waals surface area contributed by atoms with E-state index in [1.807, 2.05) is 20.8 Å². The molecule has 17 heavy (non-hydrogen) atoms. The molecule has 1 heterocycles. The fourth-order valence-electron chi connectivity index (χ4n) is 2.06. The molecule has 0 aromatic heterocycles. The predicted octanol–water partition coefficient (Wildman–Crippen LogP) is 0.844. The van der Waals surface area contributed by atoms with Crippen LogP contribution in [0.15, 0.2) is 0 Å². The van der Waals surface area contributed by atoms with Crippen molar-refractivity contribution < 1.29 is 19.7 Å². The van der Waals surface area contributed by atoms with Gasteiger partial charge in [-0.3, -0.25) is 0 Å². The highest BCUT2D eigenvalue weighted by atomic mass is 16.6. The number of ether oxygens (including phenoxy) is 1. The van der Waals surface area contributed by atoms with E-state index in [4.69, 9.17) is 4.74 Å². The van der Waals surface area contributed by atoms with Gasteiger partial charge in [-0.05, 0) is 27.2 Å². The highest BCUT2D eigenvalue weighted by molar-refractivity contribution is 5.68. The Bertz CT molecular complexity index is 250. The van der Waals surface area contributed by atoms with Gasteiger partial charge in [0.05, 0.1) is 0 Å².